The molecule has 1 saturated carbocycles. The molecule has 1 aliphatic carbocycles. The Hall–Kier alpha value is -0.820. The third-order valence-corrected chi connectivity index (χ3v) is 3.36. The Bertz CT molecular complexity index is 420. The van der Waals surface area contributed by atoms with Crippen LogP contribution in [0.4, 0.5) is 4.79 Å². The lowest BCUT2D eigenvalue weighted by Crippen LogP contribution is -2.42. The summed E-state index contributed by atoms with van der Waals surface area (Å²) in [6.45, 7) is 6.01. The summed E-state index contributed by atoms with van der Waals surface area (Å²) in [5.74, 6) is 0.268. The summed E-state index contributed by atoms with van der Waals surface area (Å²) in [6.07, 6.45) is 1.75. The number of nitrogens with zero attached hydrogens (tertiary/aromatic N) is 1. The molecule has 0 aromatic carbocycles. The first-order valence-corrected chi connectivity index (χ1v) is 8.10. The van der Waals surface area contributed by atoms with E-state index in [0.29, 0.717) is 19.4 Å². The maximum atomic E-state index is 11.7. The summed E-state index contributed by atoms with van der Waals surface area (Å²) in [4.78, 5) is 13.2. The topological polar surface area (TPSA) is 72.9 Å². The molecule has 1 amide bonds. The van der Waals surface area contributed by atoms with Crippen molar-refractivity contribution in [2.24, 2.45) is 5.92 Å². The highest BCUT2D eigenvalue weighted by Gasteiger charge is 2.34. The lowest BCUT2D eigenvalue weighted by atomic mass is 9.82. The van der Waals surface area contributed by atoms with E-state index in [4.69, 9.17) is 8.92 Å². The van der Waals surface area contributed by atoms with Gasteiger partial charge in [-0.15, -0.1) is 0 Å². The van der Waals surface area contributed by atoms with Crippen molar-refractivity contribution in [2.45, 2.75) is 45.3 Å². The van der Waals surface area contributed by atoms with E-state index >= 15 is 0 Å². The molecule has 0 heterocycles. The summed E-state index contributed by atoms with van der Waals surface area (Å²) >= 11 is 0. The van der Waals surface area contributed by atoms with Crippen molar-refractivity contribution >= 4 is 16.2 Å². The van der Waals surface area contributed by atoms with Crippen molar-refractivity contribution in [2.75, 3.05) is 19.8 Å². The zero-order valence-electron chi connectivity index (χ0n) is 12.2. The average Bonchev–Trinajstić information content (AvgIpc) is 2.09. The molecule has 112 valence electrons. The van der Waals surface area contributed by atoms with Crippen LogP contribution in [-0.4, -0.2) is 51.0 Å². The third-order valence-electron chi connectivity index (χ3n) is 2.74. The largest absolute Gasteiger partial charge is 0.444 e. The lowest BCUT2D eigenvalue weighted by molar-refractivity contribution is 0.0130. The molecule has 0 spiro atoms. The van der Waals surface area contributed by atoms with Crippen LogP contribution in [0.1, 0.15) is 33.6 Å². The van der Waals surface area contributed by atoms with E-state index in [-0.39, 0.29) is 18.1 Å². The number of rotatable bonds is 4. The van der Waals surface area contributed by atoms with E-state index in [0.717, 1.165) is 6.26 Å². The Morgan fingerprint density at radius 1 is 1.32 bits per heavy atom. The van der Waals surface area contributed by atoms with Crippen LogP contribution in [0.5, 0.6) is 0 Å². The van der Waals surface area contributed by atoms with E-state index in [9.17, 15) is 13.2 Å². The van der Waals surface area contributed by atoms with E-state index in [1.807, 2.05) is 20.8 Å². The van der Waals surface area contributed by atoms with Crippen molar-refractivity contribution in [1.29, 1.82) is 0 Å². The first-order chi connectivity index (χ1) is 8.46. The molecule has 1 rings (SSSR count). The van der Waals surface area contributed by atoms with Gasteiger partial charge in [0.1, 0.15) is 5.60 Å². The molecular weight excluding hydrogens is 270 g/mol. The molecule has 0 aromatic heterocycles. The molecule has 0 N–H and O–H groups in total. The molecular formula is C12H23NO5S. The van der Waals surface area contributed by atoms with E-state index < -0.39 is 15.7 Å². The predicted molar refractivity (Wildman–Crippen MR) is 71.3 cm³/mol. The number of hydrogen-bond acceptors (Lipinski definition) is 5. The number of hydrogen-bond donors (Lipinski definition) is 0. The molecule has 0 saturated heterocycles. The first kappa shape index (κ1) is 16.2. The Balaban J connectivity index is 2.29. The molecule has 0 bridgehead atoms. The van der Waals surface area contributed by atoms with Gasteiger partial charge in [0.25, 0.3) is 10.1 Å². The second-order valence-corrected chi connectivity index (χ2v) is 7.72. The molecule has 7 heteroatoms. The summed E-state index contributed by atoms with van der Waals surface area (Å²) in [7, 11) is -1.70. The highest BCUT2D eigenvalue weighted by atomic mass is 32.2. The van der Waals surface area contributed by atoms with Crippen LogP contribution in [0.2, 0.25) is 0 Å². The van der Waals surface area contributed by atoms with E-state index in [2.05, 4.69) is 0 Å². The highest BCUT2D eigenvalue weighted by Crippen LogP contribution is 2.31. The quantitative estimate of drug-likeness (QED) is 0.736. The fourth-order valence-corrected chi connectivity index (χ4v) is 2.60. The van der Waals surface area contributed by atoms with Gasteiger partial charge in [0.15, 0.2) is 0 Å². The van der Waals surface area contributed by atoms with Gasteiger partial charge in [-0.1, -0.05) is 0 Å². The molecule has 0 atom stereocenters. The molecule has 1 aliphatic rings. The first-order valence-electron chi connectivity index (χ1n) is 6.28. The van der Waals surface area contributed by atoms with Gasteiger partial charge in [-0.3, -0.25) is 4.18 Å². The van der Waals surface area contributed by atoms with Gasteiger partial charge in [-0.2, -0.15) is 8.42 Å². The summed E-state index contributed by atoms with van der Waals surface area (Å²) in [6, 6.07) is 0. The Morgan fingerprint density at radius 2 is 1.84 bits per heavy atom. The Morgan fingerprint density at radius 3 is 2.26 bits per heavy atom. The third kappa shape index (κ3) is 6.24. The number of carbonyl (C=O) groups is 1. The van der Waals surface area contributed by atoms with Crippen LogP contribution >= 0.6 is 0 Å². The minimum absolute atomic E-state index is 0.243. The van der Waals surface area contributed by atoms with Crippen molar-refractivity contribution in [3.8, 4) is 0 Å². The SMILES string of the molecule is CN(C[C@H]1C[C@@H](OS(C)(=O)=O)C1)C(=O)OC(C)(C)C. The standard InChI is InChI=1S/C12H23NO5S/c1-12(2,3)17-11(14)13(4)8-9-6-10(7-9)18-19(5,15)16/h9-10H,6-8H2,1-5H3/t9-,10+. The van der Waals surface area contributed by atoms with E-state index in [1.165, 1.54) is 4.90 Å². The van der Waals surface area contributed by atoms with Crippen LogP contribution in [-0.2, 0) is 19.0 Å². The maximum absolute atomic E-state index is 11.7. The van der Waals surface area contributed by atoms with Gasteiger partial charge in [0.2, 0.25) is 0 Å². The maximum Gasteiger partial charge on any atom is 0.410 e. The predicted octanol–water partition coefficient (Wildman–Crippen LogP) is 1.61. The number of carbonyl (C=O) groups excluding carboxylic acids is 1. The van der Waals surface area contributed by atoms with Crippen LogP contribution in [0.3, 0.4) is 0 Å². The van der Waals surface area contributed by atoms with Crippen LogP contribution in [0.15, 0.2) is 0 Å². The van der Waals surface area contributed by atoms with Gasteiger partial charge in [-0.25, -0.2) is 4.79 Å². The number of amides is 1. The van der Waals surface area contributed by atoms with Gasteiger partial charge in [0.05, 0.1) is 12.4 Å². The minimum Gasteiger partial charge on any atom is -0.444 e. The zero-order valence-corrected chi connectivity index (χ0v) is 13.0. The van der Waals surface area contributed by atoms with Crippen LogP contribution < -0.4 is 0 Å². The van der Waals surface area contributed by atoms with E-state index in [1.54, 1.807) is 7.05 Å². The molecule has 1 fully saturated rings. The Labute approximate surface area is 115 Å². The molecule has 0 radical (unpaired) electrons. The zero-order chi connectivity index (χ0) is 14.8. The summed E-state index contributed by atoms with van der Waals surface area (Å²) < 4.78 is 31.9. The van der Waals surface area contributed by atoms with Crippen LogP contribution in [0, 0.1) is 5.92 Å². The second-order valence-electron chi connectivity index (χ2n) is 6.12. The van der Waals surface area contributed by atoms with Crippen molar-refractivity contribution in [3.63, 3.8) is 0 Å². The fourth-order valence-electron chi connectivity index (χ4n) is 1.95. The monoisotopic (exact) mass is 293 g/mol. The van der Waals surface area contributed by atoms with Crippen molar-refractivity contribution in [1.82, 2.24) is 4.90 Å². The number of ether oxygens (including phenoxy) is 1. The molecule has 0 aliphatic heterocycles. The van der Waals surface area contributed by atoms with Gasteiger partial charge in [0, 0.05) is 13.6 Å². The minimum atomic E-state index is -3.38. The van der Waals surface area contributed by atoms with Gasteiger partial charge < -0.3 is 9.64 Å². The molecule has 6 nitrogen and oxygen atoms in total. The fraction of sp³-hybridized carbons (Fsp3) is 0.917. The Kier molecular flexibility index (Phi) is 4.84. The second kappa shape index (κ2) is 5.66. The van der Waals surface area contributed by atoms with Gasteiger partial charge in [-0.05, 0) is 39.5 Å². The van der Waals surface area contributed by atoms with Crippen molar-refractivity contribution in [3.05, 3.63) is 0 Å². The molecule has 19 heavy (non-hydrogen) atoms. The molecule has 0 aromatic rings. The average molecular weight is 293 g/mol. The van der Waals surface area contributed by atoms with Crippen LogP contribution in [0.25, 0.3) is 0 Å². The smallest absolute Gasteiger partial charge is 0.410 e. The van der Waals surface area contributed by atoms with Gasteiger partial charge >= 0.3 is 6.09 Å². The molecule has 0 unspecified atom stereocenters. The highest BCUT2D eigenvalue weighted by molar-refractivity contribution is 7.86. The summed E-state index contributed by atoms with van der Waals surface area (Å²) in [5, 5.41) is 0. The van der Waals surface area contributed by atoms with Crippen molar-refractivity contribution < 1.29 is 22.1 Å². The summed E-state index contributed by atoms with van der Waals surface area (Å²) in [5.41, 5.74) is -0.507. The normalized spacial score (nSPS) is 23.6. The lowest BCUT2D eigenvalue weighted by Gasteiger charge is -2.36.